The molecule has 7 heteroatoms. The van der Waals surface area contributed by atoms with E-state index in [4.69, 9.17) is 4.74 Å². The van der Waals surface area contributed by atoms with Crippen LogP contribution in [0.4, 0.5) is 0 Å². The number of thiazole rings is 1. The average molecular weight is 484 g/mol. The van der Waals surface area contributed by atoms with E-state index in [0.29, 0.717) is 27.1 Å². The van der Waals surface area contributed by atoms with E-state index in [2.05, 4.69) is 22.2 Å². The van der Waals surface area contributed by atoms with Crippen LogP contribution in [0.15, 0.2) is 94.5 Å². The summed E-state index contributed by atoms with van der Waals surface area (Å²) in [6, 6.07) is 17.0. The zero-order valence-electron chi connectivity index (χ0n) is 19.6. The highest BCUT2D eigenvalue weighted by Crippen LogP contribution is 2.30. The van der Waals surface area contributed by atoms with Gasteiger partial charge in [0.25, 0.3) is 5.56 Å². The number of fused-ring (bicyclic) bond motifs is 2. The Morgan fingerprint density at radius 1 is 1.17 bits per heavy atom. The van der Waals surface area contributed by atoms with Crippen LogP contribution < -0.4 is 14.9 Å². The van der Waals surface area contributed by atoms with Crippen LogP contribution in [0.2, 0.25) is 0 Å². The molecule has 35 heavy (non-hydrogen) atoms. The van der Waals surface area contributed by atoms with Gasteiger partial charge in [0.2, 0.25) is 0 Å². The maximum atomic E-state index is 13.8. The smallest absolute Gasteiger partial charge is 0.338 e. The van der Waals surface area contributed by atoms with E-state index in [-0.39, 0.29) is 12.2 Å². The van der Waals surface area contributed by atoms with Crippen LogP contribution in [0.3, 0.4) is 0 Å². The largest absolute Gasteiger partial charge is 0.463 e. The number of aromatic nitrogens is 2. The number of carbonyl (C=O) groups excluding carboxylic acids is 1. The Kier molecular flexibility index (Phi) is 6.09. The van der Waals surface area contributed by atoms with Gasteiger partial charge in [0.1, 0.15) is 0 Å². The standard InChI is InChI=1S/C28H25N3O3S/c1-4-15-30-17-20(21-13-9-10-14-22(21)30)16-23-26(32)31-25(19-11-7-6-8-12-19)24(27(33)34-5-2)18(3)29-28(31)35-23/h4,6-14,16-17,25H,1,5,15H2,2-3H3/b23-16-/t25-/m1/s1. The minimum absolute atomic E-state index is 0.183. The first kappa shape index (κ1) is 22.8. The fourth-order valence-electron chi connectivity index (χ4n) is 4.56. The SMILES string of the molecule is C=CCn1cc(/C=c2\sc3n(c2=O)[C@H](c2ccccc2)C(C(=O)OCC)=C(C)N=3)c2ccccc21. The molecule has 4 aromatic rings. The lowest BCUT2D eigenvalue weighted by Gasteiger charge is -2.24. The lowest BCUT2D eigenvalue weighted by molar-refractivity contribution is -0.139. The third-order valence-electron chi connectivity index (χ3n) is 6.06. The fourth-order valence-corrected chi connectivity index (χ4v) is 5.60. The van der Waals surface area contributed by atoms with Crippen molar-refractivity contribution in [2.24, 2.45) is 4.99 Å². The first-order chi connectivity index (χ1) is 17.0. The number of para-hydroxylation sites is 1. The molecule has 0 unspecified atom stereocenters. The molecule has 0 fully saturated rings. The minimum atomic E-state index is -0.601. The van der Waals surface area contributed by atoms with Gasteiger partial charge in [0.15, 0.2) is 4.80 Å². The molecular formula is C28H25N3O3S. The number of nitrogens with zero attached hydrogens (tertiary/aromatic N) is 3. The number of carbonyl (C=O) groups is 1. The zero-order chi connectivity index (χ0) is 24.5. The van der Waals surface area contributed by atoms with Crippen LogP contribution in [-0.2, 0) is 16.1 Å². The summed E-state index contributed by atoms with van der Waals surface area (Å²) in [7, 11) is 0. The summed E-state index contributed by atoms with van der Waals surface area (Å²) >= 11 is 1.33. The first-order valence-corrected chi connectivity index (χ1v) is 12.3. The second kappa shape index (κ2) is 9.35. The highest BCUT2D eigenvalue weighted by Gasteiger charge is 2.33. The lowest BCUT2D eigenvalue weighted by Crippen LogP contribution is -2.39. The zero-order valence-corrected chi connectivity index (χ0v) is 20.4. The van der Waals surface area contributed by atoms with E-state index < -0.39 is 12.0 Å². The summed E-state index contributed by atoms with van der Waals surface area (Å²) in [6.07, 6.45) is 5.80. The van der Waals surface area contributed by atoms with Crippen molar-refractivity contribution < 1.29 is 9.53 Å². The molecular weight excluding hydrogens is 458 g/mol. The van der Waals surface area contributed by atoms with Crippen LogP contribution in [0, 0.1) is 0 Å². The number of hydrogen-bond donors (Lipinski definition) is 0. The van der Waals surface area contributed by atoms with Gasteiger partial charge in [0.05, 0.1) is 28.5 Å². The van der Waals surface area contributed by atoms with E-state index >= 15 is 0 Å². The van der Waals surface area contributed by atoms with Gasteiger partial charge in [-0.1, -0.05) is 65.9 Å². The van der Waals surface area contributed by atoms with Gasteiger partial charge in [-0.15, -0.1) is 6.58 Å². The van der Waals surface area contributed by atoms with Crippen molar-refractivity contribution in [1.29, 1.82) is 0 Å². The second-order valence-corrected chi connectivity index (χ2v) is 9.26. The Labute approximate surface area is 206 Å². The third-order valence-corrected chi connectivity index (χ3v) is 7.05. The van der Waals surface area contributed by atoms with Crippen molar-refractivity contribution >= 4 is 34.3 Å². The molecule has 5 rings (SSSR count). The average Bonchev–Trinajstić information content (AvgIpc) is 3.36. The van der Waals surface area contributed by atoms with Crippen molar-refractivity contribution in [1.82, 2.24) is 9.13 Å². The van der Waals surface area contributed by atoms with E-state index in [1.807, 2.05) is 66.9 Å². The molecule has 0 aliphatic carbocycles. The highest BCUT2D eigenvalue weighted by molar-refractivity contribution is 7.07. The lowest BCUT2D eigenvalue weighted by atomic mass is 9.96. The first-order valence-electron chi connectivity index (χ1n) is 11.5. The van der Waals surface area contributed by atoms with Crippen LogP contribution in [0.5, 0.6) is 0 Å². The summed E-state index contributed by atoms with van der Waals surface area (Å²) in [6.45, 7) is 8.34. The molecule has 0 radical (unpaired) electrons. The molecule has 6 nitrogen and oxygen atoms in total. The molecule has 1 aliphatic heterocycles. The molecule has 0 saturated heterocycles. The van der Waals surface area contributed by atoms with Gasteiger partial charge in [-0.05, 0) is 31.6 Å². The third kappa shape index (κ3) is 3.98. The van der Waals surface area contributed by atoms with Gasteiger partial charge in [0, 0.05) is 29.2 Å². The molecule has 2 aromatic heterocycles. The molecule has 0 saturated carbocycles. The topological polar surface area (TPSA) is 65.6 Å². The van der Waals surface area contributed by atoms with Gasteiger partial charge in [-0.25, -0.2) is 9.79 Å². The van der Waals surface area contributed by atoms with Crippen molar-refractivity contribution in [2.75, 3.05) is 6.61 Å². The van der Waals surface area contributed by atoms with Crippen molar-refractivity contribution in [2.45, 2.75) is 26.4 Å². The quantitative estimate of drug-likeness (QED) is 0.308. The Bertz CT molecular complexity index is 1650. The maximum absolute atomic E-state index is 13.8. The number of ether oxygens (including phenoxy) is 1. The normalized spacial score (nSPS) is 15.7. The number of esters is 1. The monoisotopic (exact) mass is 483 g/mol. The number of benzene rings is 2. The summed E-state index contributed by atoms with van der Waals surface area (Å²) < 4.78 is 9.64. The molecule has 0 amide bonds. The molecule has 0 N–H and O–H groups in total. The summed E-state index contributed by atoms with van der Waals surface area (Å²) in [4.78, 5) is 32.0. The van der Waals surface area contributed by atoms with Gasteiger partial charge in [-0.3, -0.25) is 9.36 Å². The Morgan fingerprint density at radius 3 is 2.66 bits per heavy atom. The summed E-state index contributed by atoms with van der Waals surface area (Å²) in [5.74, 6) is -0.454. The Hall–Kier alpha value is -3.97. The number of hydrogen-bond acceptors (Lipinski definition) is 5. The van der Waals surface area contributed by atoms with Crippen molar-refractivity contribution in [3.63, 3.8) is 0 Å². The predicted octanol–water partition coefficient (Wildman–Crippen LogP) is 3.94. The van der Waals surface area contributed by atoms with Crippen molar-refractivity contribution in [3.05, 3.63) is 116 Å². The van der Waals surface area contributed by atoms with Crippen LogP contribution in [-0.4, -0.2) is 21.7 Å². The molecule has 3 heterocycles. The maximum Gasteiger partial charge on any atom is 0.338 e. The van der Waals surface area contributed by atoms with Crippen LogP contribution in [0.1, 0.15) is 31.0 Å². The summed E-state index contributed by atoms with van der Waals surface area (Å²) in [5, 5.41) is 1.06. The minimum Gasteiger partial charge on any atom is -0.463 e. The number of allylic oxidation sites excluding steroid dienone is 2. The molecule has 1 atom stereocenters. The van der Waals surface area contributed by atoms with Crippen LogP contribution >= 0.6 is 11.3 Å². The fraction of sp³-hybridized carbons (Fsp3) is 0.179. The van der Waals surface area contributed by atoms with Gasteiger partial charge >= 0.3 is 5.97 Å². The second-order valence-electron chi connectivity index (χ2n) is 8.26. The highest BCUT2D eigenvalue weighted by atomic mass is 32.1. The van der Waals surface area contributed by atoms with E-state index in [9.17, 15) is 9.59 Å². The molecule has 176 valence electrons. The van der Waals surface area contributed by atoms with Gasteiger partial charge < -0.3 is 9.30 Å². The van der Waals surface area contributed by atoms with Crippen molar-refractivity contribution in [3.8, 4) is 0 Å². The Balaban J connectivity index is 1.74. The molecule has 1 aliphatic rings. The molecule has 0 spiro atoms. The number of rotatable bonds is 6. The molecule has 2 aromatic carbocycles. The molecule has 0 bridgehead atoms. The van der Waals surface area contributed by atoms with Crippen LogP contribution in [0.25, 0.3) is 17.0 Å². The van der Waals surface area contributed by atoms with E-state index in [1.165, 1.54) is 11.3 Å². The summed E-state index contributed by atoms with van der Waals surface area (Å²) in [5.41, 5.74) is 3.63. The Morgan fingerprint density at radius 2 is 1.91 bits per heavy atom. The van der Waals surface area contributed by atoms with Gasteiger partial charge in [-0.2, -0.15) is 0 Å². The van der Waals surface area contributed by atoms with E-state index in [0.717, 1.165) is 22.0 Å². The predicted molar refractivity (Wildman–Crippen MR) is 139 cm³/mol. The van der Waals surface area contributed by atoms with E-state index in [1.54, 1.807) is 18.4 Å².